The Hall–Kier alpha value is -1.01. The minimum absolute atomic E-state index is 0.0236. The largest absolute Gasteiger partial charge is 0.342 e. The molecule has 3 heteroatoms. The van der Waals surface area contributed by atoms with Crippen molar-refractivity contribution < 1.29 is 4.79 Å². The Morgan fingerprint density at radius 3 is 2.71 bits per heavy atom. The van der Waals surface area contributed by atoms with E-state index >= 15 is 0 Å². The summed E-state index contributed by atoms with van der Waals surface area (Å²) in [6, 6.07) is 0.0372. The van der Waals surface area contributed by atoms with Gasteiger partial charge in [-0.1, -0.05) is 12.8 Å². The van der Waals surface area contributed by atoms with Gasteiger partial charge in [-0.3, -0.25) is 4.79 Å². The summed E-state index contributed by atoms with van der Waals surface area (Å²) in [5.74, 6) is 2.55. The van der Waals surface area contributed by atoms with E-state index in [-0.39, 0.29) is 18.0 Å². The summed E-state index contributed by atoms with van der Waals surface area (Å²) in [5, 5.41) is 2.77. The monoisotopic (exact) mass is 196 g/mol. The van der Waals surface area contributed by atoms with Gasteiger partial charge in [-0.2, -0.15) is 0 Å². The first-order valence-corrected chi connectivity index (χ1v) is 5.11. The summed E-state index contributed by atoms with van der Waals surface area (Å²) in [7, 11) is 0. The molecule has 0 aliphatic heterocycles. The maximum Gasteiger partial charge on any atom is 0.220 e. The molecule has 0 spiro atoms. The number of nitrogens with one attached hydrogen (secondary N) is 1. The van der Waals surface area contributed by atoms with Crippen LogP contribution in [0.3, 0.4) is 0 Å². The predicted octanol–water partition coefficient (Wildman–Crippen LogP) is 1.03. The second-order valence-corrected chi connectivity index (χ2v) is 3.56. The van der Waals surface area contributed by atoms with Crippen molar-refractivity contribution in [3.05, 3.63) is 0 Å². The standard InChI is InChI=1S/C11H20N2O/c1-4-10(5-2)13-11(14)8-6-7-9(3)12/h1,9-10H,5-8,12H2,2-3H3,(H,13,14). The highest BCUT2D eigenvalue weighted by molar-refractivity contribution is 5.76. The lowest BCUT2D eigenvalue weighted by Gasteiger charge is -2.10. The number of hydrogen-bond donors (Lipinski definition) is 2. The van der Waals surface area contributed by atoms with Crippen molar-refractivity contribution in [3.8, 4) is 12.3 Å². The summed E-state index contributed by atoms with van der Waals surface area (Å²) in [6.45, 7) is 3.89. The minimum atomic E-state index is -0.127. The first-order valence-electron chi connectivity index (χ1n) is 5.11. The Morgan fingerprint density at radius 2 is 2.29 bits per heavy atom. The maximum absolute atomic E-state index is 11.3. The lowest BCUT2D eigenvalue weighted by Crippen LogP contribution is -2.33. The van der Waals surface area contributed by atoms with Crippen LogP contribution in [0.1, 0.15) is 39.5 Å². The second kappa shape index (κ2) is 7.40. The van der Waals surface area contributed by atoms with Crippen LogP contribution in [-0.2, 0) is 4.79 Å². The second-order valence-electron chi connectivity index (χ2n) is 3.56. The van der Waals surface area contributed by atoms with E-state index in [1.165, 1.54) is 0 Å². The van der Waals surface area contributed by atoms with Gasteiger partial charge in [-0.15, -0.1) is 6.42 Å². The summed E-state index contributed by atoms with van der Waals surface area (Å²) in [5.41, 5.74) is 5.57. The number of nitrogens with two attached hydrogens (primary N) is 1. The van der Waals surface area contributed by atoms with Gasteiger partial charge in [0.15, 0.2) is 0 Å². The van der Waals surface area contributed by atoms with Gasteiger partial charge in [0.1, 0.15) is 0 Å². The SMILES string of the molecule is C#CC(CC)NC(=O)CCCC(C)N. The molecule has 3 nitrogen and oxygen atoms in total. The molecule has 0 aliphatic rings. The molecule has 0 radical (unpaired) electrons. The normalized spacial score (nSPS) is 14.1. The molecule has 2 atom stereocenters. The van der Waals surface area contributed by atoms with Gasteiger partial charge in [0.05, 0.1) is 6.04 Å². The van der Waals surface area contributed by atoms with Crippen LogP contribution in [0.5, 0.6) is 0 Å². The maximum atomic E-state index is 11.3. The van der Waals surface area contributed by atoms with Crippen molar-refractivity contribution in [1.82, 2.24) is 5.32 Å². The zero-order valence-corrected chi connectivity index (χ0v) is 9.05. The third kappa shape index (κ3) is 6.50. The van der Waals surface area contributed by atoms with Crippen molar-refractivity contribution >= 4 is 5.91 Å². The number of hydrogen-bond acceptors (Lipinski definition) is 2. The topological polar surface area (TPSA) is 55.1 Å². The Balaban J connectivity index is 3.60. The molecule has 0 aromatic heterocycles. The smallest absolute Gasteiger partial charge is 0.220 e. The molecule has 2 unspecified atom stereocenters. The fraction of sp³-hybridized carbons (Fsp3) is 0.727. The van der Waals surface area contributed by atoms with Gasteiger partial charge in [-0.25, -0.2) is 0 Å². The van der Waals surface area contributed by atoms with Gasteiger partial charge in [0.25, 0.3) is 0 Å². The summed E-state index contributed by atoms with van der Waals surface area (Å²) >= 11 is 0. The molecule has 80 valence electrons. The van der Waals surface area contributed by atoms with Crippen LogP contribution in [0, 0.1) is 12.3 Å². The Morgan fingerprint density at radius 1 is 1.64 bits per heavy atom. The van der Waals surface area contributed by atoms with Gasteiger partial charge in [0, 0.05) is 12.5 Å². The van der Waals surface area contributed by atoms with Crippen LogP contribution in [-0.4, -0.2) is 18.0 Å². The number of carbonyl (C=O) groups is 1. The summed E-state index contributed by atoms with van der Waals surface area (Å²) in [4.78, 5) is 11.3. The van der Waals surface area contributed by atoms with E-state index in [1.807, 2.05) is 13.8 Å². The van der Waals surface area contributed by atoms with Crippen LogP contribution >= 0.6 is 0 Å². The number of carbonyl (C=O) groups excluding carboxylic acids is 1. The molecule has 3 N–H and O–H groups in total. The van der Waals surface area contributed by atoms with Crippen LogP contribution in [0.2, 0.25) is 0 Å². The van der Waals surface area contributed by atoms with Crippen molar-refractivity contribution in [2.24, 2.45) is 5.73 Å². The summed E-state index contributed by atoms with van der Waals surface area (Å²) < 4.78 is 0. The van der Waals surface area contributed by atoms with E-state index in [1.54, 1.807) is 0 Å². The average molecular weight is 196 g/mol. The van der Waals surface area contributed by atoms with E-state index in [9.17, 15) is 4.79 Å². The molecule has 0 aromatic rings. The van der Waals surface area contributed by atoms with Gasteiger partial charge >= 0.3 is 0 Å². The van der Waals surface area contributed by atoms with Crippen LogP contribution < -0.4 is 11.1 Å². The molecule has 14 heavy (non-hydrogen) atoms. The Bertz CT molecular complexity index is 206. The van der Waals surface area contributed by atoms with Crippen LogP contribution in [0.15, 0.2) is 0 Å². The van der Waals surface area contributed by atoms with Crippen molar-refractivity contribution in [3.63, 3.8) is 0 Å². The lowest BCUT2D eigenvalue weighted by molar-refractivity contribution is -0.121. The summed E-state index contributed by atoms with van der Waals surface area (Å²) in [6.07, 6.45) is 8.21. The molecule has 0 bridgehead atoms. The molecule has 1 amide bonds. The molecular weight excluding hydrogens is 176 g/mol. The molecule has 0 aliphatic carbocycles. The lowest BCUT2D eigenvalue weighted by atomic mass is 10.1. The van der Waals surface area contributed by atoms with E-state index in [2.05, 4.69) is 11.2 Å². The van der Waals surface area contributed by atoms with Crippen LogP contribution in [0.25, 0.3) is 0 Å². The van der Waals surface area contributed by atoms with E-state index in [0.29, 0.717) is 6.42 Å². The Labute approximate surface area is 86.4 Å². The molecule has 0 heterocycles. The molecule has 0 saturated carbocycles. The fourth-order valence-corrected chi connectivity index (χ4v) is 1.11. The zero-order valence-electron chi connectivity index (χ0n) is 9.05. The van der Waals surface area contributed by atoms with Gasteiger partial charge in [0.2, 0.25) is 5.91 Å². The van der Waals surface area contributed by atoms with E-state index in [4.69, 9.17) is 12.2 Å². The minimum Gasteiger partial charge on any atom is -0.342 e. The molecule has 0 rings (SSSR count). The highest BCUT2D eigenvalue weighted by Gasteiger charge is 2.06. The third-order valence-corrected chi connectivity index (χ3v) is 2.01. The molecule has 0 saturated heterocycles. The Kier molecular flexibility index (Phi) is 6.87. The zero-order chi connectivity index (χ0) is 11.0. The molecular formula is C11H20N2O. The van der Waals surface area contributed by atoms with Crippen molar-refractivity contribution in [2.45, 2.75) is 51.6 Å². The fourth-order valence-electron chi connectivity index (χ4n) is 1.11. The van der Waals surface area contributed by atoms with Gasteiger partial charge < -0.3 is 11.1 Å². The number of terminal acetylenes is 1. The van der Waals surface area contributed by atoms with Crippen molar-refractivity contribution in [1.29, 1.82) is 0 Å². The predicted molar refractivity (Wildman–Crippen MR) is 58.6 cm³/mol. The van der Waals surface area contributed by atoms with E-state index in [0.717, 1.165) is 19.3 Å². The first-order chi connectivity index (χ1) is 6.60. The highest BCUT2D eigenvalue weighted by Crippen LogP contribution is 1.99. The number of amides is 1. The van der Waals surface area contributed by atoms with Crippen molar-refractivity contribution in [2.75, 3.05) is 0 Å². The first kappa shape index (κ1) is 13.0. The third-order valence-electron chi connectivity index (χ3n) is 2.01. The van der Waals surface area contributed by atoms with E-state index < -0.39 is 0 Å². The quantitative estimate of drug-likeness (QED) is 0.623. The van der Waals surface area contributed by atoms with Gasteiger partial charge in [-0.05, 0) is 26.2 Å². The average Bonchev–Trinajstić information content (AvgIpc) is 2.13. The highest BCUT2D eigenvalue weighted by atomic mass is 16.1. The number of rotatable bonds is 6. The van der Waals surface area contributed by atoms with Crippen LogP contribution in [0.4, 0.5) is 0 Å². The molecule has 0 fully saturated rings. The molecule has 0 aromatic carbocycles.